The van der Waals surface area contributed by atoms with Crippen LogP contribution in [-0.2, 0) is 0 Å². The Balaban J connectivity index is 2.17. The van der Waals surface area contributed by atoms with Crippen molar-refractivity contribution in [2.75, 3.05) is 40.4 Å². The summed E-state index contributed by atoms with van der Waals surface area (Å²) < 4.78 is 11.4. The second-order valence-corrected chi connectivity index (χ2v) is 6.12. The van der Waals surface area contributed by atoms with Gasteiger partial charge in [-0.2, -0.15) is 0 Å². The summed E-state index contributed by atoms with van der Waals surface area (Å²) in [6.45, 7) is 6.17. The monoisotopic (exact) mass is 326 g/mol. The number of ether oxygens (including phenoxy) is 2. The molecular weight excluding hydrogens is 300 g/mol. The van der Waals surface area contributed by atoms with E-state index in [0.29, 0.717) is 0 Å². The zero-order valence-electron chi connectivity index (χ0n) is 14.7. The lowest BCUT2D eigenvalue weighted by molar-refractivity contribution is 0.191. The van der Waals surface area contributed by atoms with Crippen molar-refractivity contribution in [1.82, 2.24) is 10.2 Å². The van der Waals surface area contributed by atoms with E-state index in [1.54, 1.807) is 14.2 Å². The van der Waals surface area contributed by atoms with Crippen LogP contribution in [0.25, 0.3) is 0 Å². The first kappa shape index (κ1) is 16.8. The maximum absolute atomic E-state index is 5.70. The highest BCUT2D eigenvalue weighted by Crippen LogP contribution is 2.41. The SMILES string of the molecule is COc1cccc(OC)c1C(c1ccccc1C)N1CCNCC1. The Morgan fingerprint density at radius 1 is 0.917 bits per heavy atom. The van der Waals surface area contributed by atoms with E-state index < -0.39 is 0 Å². The number of nitrogens with one attached hydrogen (secondary N) is 1. The third kappa shape index (κ3) is 3.25. The minimum Gasteiger partial charge on any atom is -0.496 e. The Morgan fingerprint density at radius 2 is 1.54 bits per heavy atom. The molecule has 4 nitrogen and oxygen atoms in total. The van der Waals surface area contributed by atoms with Crippen LogP contribution in [0.3, 0.4) is 0 Å². The molecule has 4 heteroatoms. The van der Waals surface area contributed by atoms with E-state index in [0.717, 1.165) is 43.2 Å². The van der Waals surface area contributed by atoms with Crippen LogP contribution in [-0.4, -0.2) is 45.3 Å². The Morgan fingerprint density at radius 3 is 2.12 bits per heavy atom. The second kappa shape index (κ2) is 7.69. The molecule has 0 amide bonds. The van der Waals surface area contributed by atoms with E-state index in [1.165, 1.54) is 11.1 Å². The molecule has 1 heterocycles. The first-order chi connectivity index (χ1) is 11.8. The summed E-state index contributed by atoms with van der Waals surface area (Å²) in [4.78, 5) is 2.51. The molecule has 1 aliphatic rings. The van der Waals surface area contributed by atoms with E-state index in [1.807, 2.05) is 18.2 Å². The molecule has 1 N–H and O–H groups in total. The summed E-state index contributed by atoms with van der Waals surface area (Å²) in [6, 6.07) is 14.7. The normalized spacial score (nSPS) is 16.6. The van der Waals surface area contributed by atoms with Crippen LogP contribution in [0, 0.1) is 6.92 Å². The number of hydrogen-bond acceptors (Lipinski definition) is 4. The van der Waals surface area contributed by atoms with Gasteiger partial charge in [-0.15, -0.1) is 0 Å². The highest BCUT2D eigenvalue weighted by atomic mass is 16.5. The van der Waals surface area contributed by atoms with Gasteiger partial charge in [0, 0.05) is 26.2 Å². The minimum absolute atomic E-state index is 0.124. The number of aryl methyl sites for hydroxylation is 1. The van der Waals surface area contributed by atoms with Gasteiger partial charge in [-0.3, -0.25) is 4.90 Å². The molecule has 0 spiro atoms. The number of rotatable bonds is 5. The molecule has 128 valence electrons. The number of hydrogen-bond donors (Lipinski definition) is 1. The Kier molecular flexibility index (Phi) is 5.38. The Bertz CT molecular complexity index is 659. The van der Waals surface area contributed by atoms with Crippen molar-refractivity contribution < 1.29 is 9.47 Å². The molecule has 1 saturated heterocycles. The van der Waals surface area contributed by atoms with E-state index >= 15 is 0 Å². The van der Waals surface area contributed by atoms with Crippen LogP contribution in [0.15, 0.2) is 42.5 Å². The topological polar surface area (TPSA) is 33.7 Å². The average molecular weight is 326 g/mol. The maximum Gasteiger partial charge on any atom is 0.127 e. The van der Waals surface area contributed by atoms with Gasteiger partial charge in [-0.05, 0) is 30.2 Å². The molecule has 24 heavy (non-hydrogen) atoms. The Labute approximate surface area is 144 Å². The van der Waals surface area contributed by atoms with Gasteiger partial charge in [0.1, 0.15) is 11.5 Å². The predicted octanol–water partition coefficient (Wildman–Crippen LogP) is 3.01. The number of nitrogens with zero attached hydrogens (tertiary/aromatic N) is 1. The molecule has 0 aliphatic carbocycles. The van der Waals surface area contributed by atoms with Gasteiger partial charge >= 0.3 is 0 Å². The van der Waals surface area contributed by atoms with Gasteiger partial charge in [0.15, 0.2) is 0 Å². The summed E-state index contributed by atoms with van der Waals surface area (Å²) in [5.74, 6) is 1.75. The quantitative estimate of drug-likeness (QED) is 0.916. The summed E-state index contributed by atoms with van der Waals surface area (Å²) in [7, 11) is 3.45. The smallest absolute Gasteiger partial charge is 0.127 e. The van der Waals surface area contributed by atoms with Gasteiger partial charge in [0.05, 0.1) is 25.8 Å². The maximum atomic E-state index is 5.70. The highest BCUT2D eigenvalue weighted by Gasteiger charge is 2.30. The van der Waals surface area contributed by atoms with Gasteiger partial charge in [0.25, 0.3) is 0 Å². The lowest BCUT2D eigenvalue weighted by atomic mass is 9.91. The first-order valence-electron chi connectivity index (χ1n) is 8.47. The first-order valence-corrected chi connectivity index (χ1v) is 8.47. The van der Waals surface area contributed by atoms with Crippen LogP contribution in [0.4, 0.5) is 0 Å². The van der Waals surface area contributed by atoms with Crippen LogP contribution in [0.5, 0.6) is 11.5 Å². The van der Waals surface area contributed by atoms with E-state index in [2.05, 4.69) is 41.4 Å². The summed E-state index contributed by atoms with van der Waals surface area (Å²) >= 11 is 0. The van der Waals surface area contributed by atoms with Crippen LogP contribution in [0.2, 0.25) is 0 Å². The third-order valence-electron chi connectivity index (χ3n) is 4.74. The van der Waals surface area contributed by atoms with Gasteiger partial charge in [-0.25, -0.2) is 0 Å². The molecule has 0 saturated carbocycles. The molecule has 2 aromatic carbocycles. The molecule has 1 atom stereocenters. The van der Waals surface area contributed by atoms with Crippen LogP contribution >= 0.6 is 0 Å². The highest BCUT2D eigenvalue weighted by molar-refractivity contribution is 5.51. The summed E-state index contributed by atoms with van der Waals surface area (Å²) in [5, 5.41) is 3.44. The minimum atomic E-state index is 0.124. The molecule has 0 aromatic heterocycles. The molecule has 0 bridgehead atoms. The number of piperazine rings is 1. The van der Waals surface area contributed by atoms with Crippen molar-refractivity contribution in [2.45, 2.75) is 13.0 Å². The molecule has 1 unspecified atom stereocenters. The number of benzene rings is 2. The van der Waals surface area contributed by atoms with Crippen molar-refractivity contribution in [3.05, 3.63) is 59.2 Å². The van der Waals surface area contributed by atoms with Gasteiger partial charge < -0.3 is 14.8 Å². The van der Waals surface area contributed by atoms with E-state index in [-0.39, 0.29) is 6.04 Å². The fourth-order valence-electron chi connectivity index (χ4n) is 3.52. The second-order valence-electron chi connectivity index (χ2n) is 6.12. The lowest BCUT2D eigenvalue weighted by Crippen LogP contribution is -2.45. The molecule has 3 rings (SSSR count). The molecule has 1 fully saturated rings. The zero-order valence-corrected chi connectivity index (χ0v) is 14.7. The lowest BCUT2D eigenvalue weighted by Gasteiger charge is -2.37. The number of methoxy groups -OCH3 is 2. The predicted molar refractivity (Wildman–Crippen MR) is 97.0 cm³/mol. The third-order valence-corrected chi connectivity index (χ3v) is 4.74. The van der Waals surface area contributed by atoms with Crippen LogP contribution < -0.4 is 14.8 Å². The average Bonchev–Trinajstić information content (AvgIpc) is 2.64. The van der Waals surface area contributed by atoms with Crippen LogP contribution in [0.1, 0.15) is 22.7 Å². The molecule has 1 aliphatic heterocycles. The van der Waals surface area contributed by atoms with Gasteiger partial charge in [0.2, 0.25) is 0 Å². The van der Waals surface area contributed by atoms with Crippen molar-refractivity contribution in [3.8, 4) is 11.5 Å². The summed E-state index contributed by atoms with van der Waals surface area (Å²) in [6.07, 6.45) is 0. The van der Waals surface area contributed by atoms with E-state index in [9.17, 15) is 0 Å². The van der Waals surface area contributed by atoms with Crippen molar-refractivity contribution >= 4 is 0 Å². The summed E-state index contributed by atoms with van der Waals surface area (Å²) in [5.41, 5.74) is 3.70. The molecular formula is C20H26N2O2. The molecule has 2 aromatic rings. The zero-order chi connectivity index (χ0) is 16.9. The molecule has 0 radical (unpaired) electrons. The van der Waals surface area contributed by atoms with Crippen molar-refractivity contribution in [1.29, 1.82) is 0 Å². The van der Waals surface area contributed by atoms with E-state index in [4.69, 9.17) is 9.47 Å². The van der Waals surface area contributed by atoms with Crippen molar-refractivity contribution in [3.63, 3.8) is 0 Å². The Hall–Kier alpha value is -2.04. The largest absolute Gasteiger partial charge is 0.496 e. The van der Waals surface area contributed by atoms with Crippen molar-refractivity contribution in [2.24, 2.45) is 0 Å². The standard InChI is InChI=1S/C20H26N2O2/c1-15-7-4-5-8-16(15)20(22-13-11-21-12-14-22)19-17(23-2)9-6-10-18(19)24-3/h4-10,20-21H,11-14H2,1-3H3. The fraction of sp³-hybridized carbons (Fsp3) is 0.400. The van der Waals surface area contributed by atoms with Gasteiger partial charge in [-0.1, -0.05) is 30.3 Å². The fourth-order valence-corrected chi connectivity index (χ4v) is 3.52.